The fourth-order valence-corrected chi connectivity index (χ4v) is 3.45. The average molecular weight is 407 g/mol. The number of halogens is 1. The standard InChI is InChI=1S/C17H22N8O2.ClH/c1-16(2,26)10-17(25-3-5-27-6-4-25)22-13(11-7-19-15(18)20-8-11)12-9-21-24-14(12)23-17;/h7-9,26H,3-6,10H2,1-2H3,(H2,18,19,20);1H. The highest BCUT2D eigenvalue weighted by Gasteiger charge is 2.45. The van der Waals surface area contributed by atoms with E-state index in [4.69, 9.17) is 20.5 Å². The van der Waals surface area contributed by atoms with Crippen molar-refractivity contribution < 1.29 is 9.84 Å². The number of amidine groups is 1. The van der Waals surface area contributed by atoms with Gasteiger partial charge in [0, 0.05) is 37.5 Å². The molecular weight excluding hydrogens is 384 g/mol. The van der Waals surface area contributed by atoms with E-state index in [1.165, 1.54) is 0 Å². The van der Waals surface area contributed by atoms with Crippen LogP contribution in [0.15, 0.2) is 44.4 Å². The van der Waals surface area contributed by atoms with Crippen molar-refractivity contribution >= 4 is 29.9 Å². The number of anilines is 1. The molecule has 4 heterocycles. The lowest BCUT2D eigenvalue weighted by atomic mass is 9.95. The van der Waals surface area contributed by atoms with Crippen molar-refractivity contribution in [2.75, 3.05) is 32.0 Å². The molecule has 3 aliphatic rings. The molecule has 4 rings (SSSR count). The number of nitrogens with zero attached hydrogens (tertiary/aromatic N) is 7. The largest absolute Gasteiger partial charge is 0.390 e. The third-order valence-electron chi connectivity index (χ3n) is 4.54. The van der Waals surface area contributed by atoms with E-state index < -0.39 is 11.4 Å². The lowest BCUT2D eigenvalue weighted by Crippen LogP contribution is -2.56. The van der Waals surface area contributed by atoms with Crippen molar-refractivity contribution in [3.05, 3.63) is 29.7 Å². The second-order valence-electron chi connectivity index (χ2n) is 7.35. The van der Waals surface area contributed by atoms with Gasteiger partial charge in [0.15, 0.2) is 5.84 Å². The first-order chi connectivity index (χ1) is 12.9. The fraction of sp³-hybridized carbons (Fsp3) is 0.529. The highest BCUT2D eigenvalue weighted by molar-refractivity contribution is 6.31. The molecule has 1 fully saturated rings. The Balaban J connectivity index is 0.00000225. The molecular formula is C17H23ClN8O2. The number of aliphatic hydroxyl groups is 1. The van der Waals surface area contributed by atoms with Gasteiger partial charge in [0.1, 0.15) is 0 Å². The van der Waals surface area contributed by atoms with Gasteiger partial charge in [-0.3, -0.25) is 4.90 Å². The molecule has 0 spiro atoms. The van der Waals surface area contributed by atoms with Crippen LogP contribution in [-0.4, -0.2) is 69.2 Å². The molecule has 10 nitrogen and oxygen atoms in total. The van der Waals surface area contributed by atoms with E-state index in [-0.39, 0.29) is 18.4 Å². The van der Waals surface area contributed by atoms with Crippen LogP contribution in [0.3, 0.4) is 0 Å². The zero-order chi connectivity index (χ0) is 19.1. The van der Waals surface area contributed by atoms with Gasteiger partial charge in [-0.15, -0.1) is 17.5 Å². The maximum Gasteiger partial charge on any atom is 0.219 e. The quantitative estimate of drug-likeness (QED) is 0.770. The van der Waals surface area contributed by atoms with Crippen molar-refractivity contribution in [1.29, 1.82) is 0 Å². The Morgan fingerprint density at radius 2 is 1.89 bits per heavy atom. The molecule has 1 aromatic rings. The van der Waals surface area contributed by atoms with Crippen LogP contribution < -0.4 is 5.73 Å². The Bertz CT molecular complexity index is 853. The van der Waals surface area contributed by atoms with E-state index in [1.54, 1.807) is 32.4 Å². The number of aromatic nitrogens is 2. The number of aliphatic imine (C=N–C) groups is 2. The molecule has 0 amide bonds. The summed E-state index contributed by atoms with van der Waals surface area (Å²) in [6, 6.07) is 0. The molecule has 3 N–H and O–H groups in total. The highest BCUT2D eigenvalue weighted by atomic mass is 35.5. The van der Waals surface area contributed by atoms with E-state index in [0.29, 0.717) is 55.4 Å². The van der Waals surface area contributed by atoms with Crippen molar-refractivity contribution in [2.45, 2.75) is 31.7 Å². The van der Waals surface area contributed by atoms with Gasteiger partial charge in [0.05, 0.1) is 36.3 Å². The molecule has 1 saturated heterocycles. The minimum Gasteiger partial charge on any atom is -0.390 e. The second kappa shape index (κ2) is 7.63. The van der Waals surface area contributed by atoms with Crippen LogP contribution in [-0.2, 0) is 4.74 Å². The second-order valence-corrected chi connectivity index (χ2v) is 7.35. The molecule has 0 saturated carbocycles. The van der Waals surface area contributed by atoms with E-state index >= 15 is 0 Å². The zero-order valence-electron chi connectivity index (χ0n) is 15.7. The number of nitrogen functional groups attached to an aromatic ring is 1. The van der Waals surface area contributed by atoms with Gasteiger partial charge in [-0.25, -0.2) is 20.0 Å². The van der Waals surface area contributed by atoms with Crippen LogP contribution in [0.5, 0.6) is 0 Å². The van der Waals surface area contributed by atoms with Crippen LogP contribution in [0.2, 0.25) is 0 Å². The number of hydrogen-bond donors (Lipinski definition) is 2. The minimum absolute atomic E-state index is 0. The lowest BCUT2D eigenvalue weighted by Gasteiger charge is -2.44. The SMILES string of the molecule is CC(C)(O)CC1(N2CCOCC2)N=C2N=NC=C2C(c2cnc(N)nc2)=N1.Cl. The number of nitrogens with two attached hydrogens (primary N) is 1. The van der Waals surface area contributed by atoms with Crippen molar-refractivity contribution in [1.82, 2.24) is 14.9 Å². The Hall–Kier alpha value is -2.27. The normalized spacial score (nSPS) is 24.8. The summed E-state index contributed by atoms with van der Waals surface area (Å²) in [5, 5.41) is 18.8. The van der Waals surface area contributed by atoms with Crippen LogP contribution >= 0.6 is 12.4 Å². The summed E-state index contributed by atoms with van der Waals surface area (Å²) in [6.45, 7) is 5.96. The molecule has 1 unspecified atom stereocenters. The van der Waals surface area contributed by atoms with Gasteiger partial charge in [-0.2, -0.15) is 5.11 Å². The summed E-state index contributed by atoms with van der Waals surface area (Å²) in [5.41, 5.74) is 6.68. The first-order valence-corrected chi connectivity index (χ1v) is 8.81. The molecule has 1 atom stereocenters. The first-order valence-electron chi connectivity index (χ1n) is 8.81. The van der Waals surface area contributed by atoms with E-state index in [2.05, 4.69) is 25.1 Å². The van der Waals surface area contributed by atoms with Crippen molar-refractivity contribution in [3.63, 3.8) is 0 Å². The van der Waals surface area contributed by atoms with E-state index in [1.807, 2.05) is 0 Å². The Morgan fingerprint density at radius 1 is 1.21 bits per heavy atom. The summed E-state index contributed by atoms with van der Waals surface area (Å²) >= 11 is 0. The first kappa shape index (κ1) is 20.5. The topological polar surface area (TPSA) is 134 Å². The van der Waals surface area contributed by atoms with Gasteiger partial charge >= 0.3 is 0 Å². The number of fused-ring (bicyclic) bond motifs is 1. The summed E-state index contributed by atoms with van der Waals surface area (Å²) in [5.74, 6) is -0.322. The van der Waals surface area contributed by atoms with Crippen LogP contribution in [0.1, 0.15) is 25.8 Å². The predicted molar refractivity (Wildman–Crippen MR) is 107 cm³/mol. The monoisotopic (exact) mass is 406 g/mol. The van der Waals surface area contributed by atoms with Crippen molar-refractivity contribution in [3.8, 4) is 0 Å². The third-order valence-corrected chi connectivity index (χ3v) is 4.54. The van der Waals surface area contributed by atoms with Crippen LogP contribution in [0.25, 0.3) is 0 Å². The number of azo groups is 1. The molecule has 1 aromatic heterocycles. The van der Waals surface area contributed by atoms with Gasteiger partial charge < -0.3 is 15.6 Å². The van der Waals surface area contributed by atoms with E-state index in [0.717, 1.165) is 0 Å². The van der Waals surface area contributed by atoms with Gasteiger partial charge in [-0.1, -0.05) is 0 Å². The Morgan fingerprint density at radius 3 is 2.54 bits per heavy atom. The summed E-state index contributed by atoms with van der Waals surface area (Å²) in [4.78, 5) is 20.1. The minimum atomic E-state index is -1.01. The zero-order valence-corrected chi connectivity index (χ0v) is 16.6. The molecule has 11 heteroatoms. The maximum absolute atomic E-state index is 10.6. The predicted octanol–water partition coefficient (Wildman–Crippen LogP) is 1.18. The smallest absolute Gasteiger partial charge is 0.219 e. The molecule has 0 aliphatic carbocycles. The Kier molecular flexibility index (Phi) is 5.57. The molecule has 0 radical (unpaired) electrons. The number of morpholine rings is 1. The maximum atomic E-state index is 10.6. The van der Waals surface area contributed by atoms with Crippen molar-refractivity contribution in [2.24, 2.45) is 20.2 Å². The van der Waals surface area contributed by atoms with Gasteiger partial charge in [0.2, 0.25) is 11.7 Å². The lowest BCUT2D eigenvalue weighted by molar-refractivity contribution is -0.0531. The Labute approximate surface area is 168 Å². The molecule has 150 valence electrons. The van der Waals surface area contributed by atoms with Crippen LogP contribution in [0.4, 0.5) is 5.95 Å². The summed E-state index contributed by atoms with van der Waals surface area (Å²) in [6.07, 6.45) is 5.17. The number of rotatable bonds is 4. The number of ether oxygens (including phenoxy) is 1. The summed E-state index contributed by atoms with van der Waals surface area (Å²) < 4.78 is 5.49. The van der Waals surface area contributed by atoms with E-state index in [9.17, 15) is 5.11 Å². The number of hydrogen-bond acceptors (Lipinski definition) is 10. The highest BCUT2D eigenvalue weighted by Crippen LogP contribution is 2.36. The van der Waals surface area contributed by atoms with Crippen LogP contribution in [0, 0.1) is 0 Å². The molecule has 28 heavy (non-hydrogen) atoms. The van der Waals surface area contributed by atoms with Gasteiger partial charge in [0.25, 0.3) is 0 Å². The fourth-order valence-electron chi connectivity index (χ4n) is 3.45. The summed E-state index contributed by atoms with van der Waals surface area (Å²) in [7, 11) is 0. The molecule has 0 bridgehead atoms. The average Bonchev–Trinajstić information content (AvgIpc) is 3.09. The third kappa shape index (κ3) is 3.95. The van der Waals surface area contributed by atoms with Gasteiger partial charge in [-0.05, 0) is 13.8 Å². The molecule has 0 aromatic carbocycles. The molecule has 3 aliphatic heterocycles.